The molecule has 0 spiro atoms. The highest BCUT2D eigenvalue weighted by Gasteiger charge is 2.22. The van der Waals surface area contributed by atoms with E-state index in [-0.39, 0.29) is 5.56 Å². The van der Waals surface area contributed by atoms with E-state index in [4.69, 9.17) is 14.8 Å². The van der Waals surface area contributed by atoms with Crippen molar-refractivity contribution in [3.63, 3.8) is 0 Å². The third kappa shape index (κ3) is 3.55. The molecular weight excluding hydrogens is 416 g/mol. The molecular formula is C22H22N4O2S2. The summed E-state index contributed by atoms with van der Waals surface area (Å²) >= 11 is 3.18. The van der Waals surface area contributed by atoms with Gasteiger partial charge in [0.15, 0.2) is 10.6 Å². The van der Waals surface area contributed by atoms with Crippen LogP contribution in [0.15, 0.2) is 40.5 Å². The molecule has 3 aromatic heterocycles. The Morgan fingerprint density at radius 2 is 2.00 bits per heavy atom. The van der Waals surface area contributed by atoms with Crippen LogP contribution in [-0.2, 0) is 11.3 Å². The number of nitrogens with zero attached hydrogens (tertiary/aromatic N) is 4. The number of thiazole rings is 1. The topological polar surface area (TPSA) is 60.3 Å². The number of morpholine rings is 1. The van der Waals surface area contributed by atoms with Crippen molar-refractivity contribution in [2.45, 2.75) is 20.4 Å². The lowest BCUT2D eigenvalue weighted by Gasteiger charge is -2.25. The average Bonchev–Trinajstić information content (AvgIpc) is 3.44. The zero-order valence-electron chi connectivity index (χ0n) is 16.9. The van der Waals surface area contributed by atoms with Crippen LogP contribution in [0, 0.1) is 13.8 Å². The molecule has 0 unspecified atom stereocenters. The van der Waals surface area contributed by atoms with Crippen molar-refractivity contribution in [1.82, 2.24) is 14.8 Å². The molecule has 1 fully saturated rings. The first kappa shape index (κ1) is 19.4. The predicted octanol–water partition coefficient (Wildman–Crippen LogP) is 4.08. The standard InChI is InChI=1S/C22H22N4O2S2/c1-14-5-6-15(2)16(12-14)13-26-21(27)19-20(18(24-26)17-4-3-11-29-17)30-22(23-19)25-7-9-28-10-8-25/h3-6,11-12H,7-10,13H2,1-2H3. The molecule has 0 bridgehead atoms. The molecule has 0 aliphatic carbocycles. The third-order valence-corrected chi connectivity index (χ3v) is 7.35. The third-order valence-electron chi connectivity index (χ3n) is 5.35. The summed E-state index contributed by atoms with van der Waals surface area (Å²) in [5.74, 6) is 0. The van der Waals surface area contributed by atoms with Gasteiger partial charge in [-0.1, -0.05) is 41.2 Å². The minimum atomic E-state index is -0.137. The normalized spacial score (nSPS) is 14.5. The number of ether oxygens (including phenoxy) is 1. The molecule has 154 valence electrons. The van der Waals surface area contributed by atoms with Gasteiger partial charge in [-0.2, -0.15) is 5.10 Å². The molecule has 1 aromatic carbocycles. The van der Waals surface area contributed by atoms with Crippen molar-refractivity contribution in [1.29, 1.82) is 0 Å². The maximum absolute atomic E-state index is 13.4. The van der Waals surface area contributed by atoms with E-state index in [1.807, 2.05) is 17.5 Å². The molecule has 4 aromatic rings. The van der Waals surface area contributed by atoms with E-state index in [2.05, 4.69) is 36.9 Å². The van der Waals surface area contributed by atoms with Crippen LogP contribution in [0.1, 0.15) is 16.7 Å². The van der Waals surface area contributed by atoms with Crippen molar-refractivity contribution in [3.8, 4) is 10.6 Å². The first-order chi connectivity index (χ1) is 14.6. The van der Waals surface area contributed by atoms with Crippen molar-refractivity contribution < 1.29 is 4.74 Å². The van der Waals surface area contributed by atoms with E-state index in [1.54, 1.807) is 27.4 Å². The fourth-order valence-electron chi connectivity index (χ4n) is 3.65. The van der Waals surface area contributed by atoms with Crippen molar-refractivity contribution >= 4 is 38.0 Å². The number of benzene rings is 1. The van der Waals surface area contributed by atoms with Crippen LogP contribution in [0.25, 0.3) is 20.8 Å². The molecule has 0 atom stereocenters. The molecule has 4 heterocycles. The van der Waals surface area contributed by atoms with Gasteiger partial charge >= 0.3 is 0 Å². The molecule has 6 nitrogen and oxygen atoms in total. The molecule has 30 heavy (non-hydrogen) atoms. The Labute approximate surface area is 182 Å². The Morgan fingerprint density at radius 3 is 2.77 bits per heavy atom. The van der Waals surface area contributed by atoms with Gasteiger partial charge in [0, 0.05) is 13.1 Å². The molecule has 0 radical (unpaired) electrons. The number of hydrogen-bond acceptors (Lipinski definition) is 7. The molecule has 0 saturated carbocycles. The second-order valence-corrected chi connectivity index (χ2v) is 9.42. The van der Waals surface area contributed by atoms with Crippen LogP contribution in [0.2, 0.25) is 0 Å². The van der Waals surface area contributed by atoms with Gasteiger partial charge in [-0.15, -0.1) is 11.3 Å². The SMILES string of the molecule is Cc1ccc(C)c(Cn2nc(-c3cccs3)c3sc(N4CCOCC4)nc3c2=O)c1. The largest absolute Gasteiger partial charge is 0.378 e. The maximum Gasteiger partial charge on any atom is 0.294 e. The van der Waals surface area contributed by atoms with E-state index >= 15 is 0 Å². The van der Waals surface area contributed by atoms with Crippen LogP contribution >= 0.6 is 22.7 Å². The fraction of sp³-hybridized carbons (Fsp3) is 0.318. The molecule has 0 N–H and O–H groups in total. The summed E-state index contributed by atoms with van der Waals surface area (Å²) in [5, 5.41) is 7.71. The highest BCUT2D eigenvalue weighted by Crippen LogP contribution is 2.35. The Morgan fingerprint density at radius 1 is 1.17 bits per heavy atom. The summed E-state index contributed by atoms with van der Waals surface area (Å²) in [4.78, 5) is 21.4. The minimum Gasteiger partial charge on any atom is -0.378 e. The van der Waals surface area contributed by atoms with E-state index in [1.165, 1.54) is 5.56 Å². The zero-order valence-corrected chi connectivity index (χ0v) is 18.6. The summed E-state index contributed by atoms with van der Waals surface area (Å²) in [7, 11) is 0. The van der Waals surface area contributed by atoms with Crippen LogP contribution < -0.4 is 10.5 Å². The number of hydrogen-bond donors (Lipinski definition) is 0. The number of anilines is 1. The molecule has 8 heteroatoms. The van der Waals surface area contributed by atoms with Gasteiger partial charge < -0.3 is 9.64 Å². The van der Waals surface area contributed by atoms with Crippen LogP contribution in [0.3, 0.4) is 0 Å². The number of aromatic nitrogens is 3. The number of aryl methyl sites for hydroxylation is 2. The average molecular weight is 439 g/mol. The Hall–Kier alpha value is -2.55. The molecule has 0 amide bonds. The lowest BCUT2D eigenvalue weighted by Crippen LogP contribution is -2.36. The van der Waals surface area contributed by atoms with E-state index in [0.29, 0.717) is 25.3 Å². The van der Waals surface area contributed by atoms with Gasteiger partial charge in [0.25, 0.3) is 5.56 Å². The minimum absolute atomic E-state index is 0.137. The van der Waals surface area contributed by atoms with E-state index < -0.39 is 0 Å². The Bertz CT molecular complexity index is 1250. The quantitative estimate of drug-likeness (QED) is 0.480. The van der Waals surface area contributed by atoms with Crippen LogP contribution in [-0.4, -0.2) is 41.1 Å². The van der Waals surface area contributed by atoms with Crippen molar-refractivity contribution in [3.05, 3.63) is 62.8 Å². The maximum atomic E-state index is 13.4. The number of rotatable bonds is 4. The molecule has 1 saturated heterocycles. The second kappa shape index (κ2) is 7.94. The highest BCUT2D eigenvalue weighted by molar-refractivity contribution is 7.23. The lowest BCUT2D eigenvalue weighted by molar-refractivity contribution is 0.122. The monoisotopic (exact) mass is 438 g/mol. The summed E-state index contributed by atoms with van der Waals surface area (Å²) in [5.41, 5.74) is 4.63. The van der Waals surface area contributed by atoms with Crippen molar-refractivity contribution in [2.24, 2.45) is 0 Å². The zero-order chi connectivity index (χ0) is 20.7. The molecule has 1 aliphatic rings. The Balaban J connectivity index is 1.67. The van der Waals surface area contributed by atoms with E-state index in [0.717, 1.165) is 44.6 Å². The summed E-state index contributed by atoms with van der Waals surface area (Å²) in [6.07, 6.45) is 0. The van der Waals surface area contributed by atoms with Gasteiger partial charge in [-0.05, 0) is 36.4 Å². The smallest absolute Gasteiger partial charge is 0.294 e. The van der Waals surface area contributed by atoms with E-state index in [9.17, 15) is 4.79 Å². The number of fused-ring (bicyclic) bond motifs is 1. The second-order valence-electron chi connectivity index (χ2n) is 7.49. The van der Waals surface area contributed by atoms with Gasteiger partial charge in [0.2, 0.25) is 0 Å². The van der Waals surface area contributed by atoms with Gasteiger partial charge in [0.05, 0.1) is 29.3 Å². The van der Waals surface area contributed by atoms with Crippen LogP contribution in [0.4, 0.5) is 5.13 Å². The highest BCUT2D eigenvalue weighted by atomic mass is 32.1. The van der Waals surface area contributed by atoms with Crippen molar-refractivity contribution in [2.75, 3.05) is 31.2 Å². The van der Waals surface area contributed by atoms with Gasteiger partial charge in [-0.3, -0.25) is 4.79 Å². The predicted molar refractivity (Wildman–Crippen MR) is 123 cm³/mol. The first-order valence-electron chi connectivity index (χ1n) is 9.94. The molecule has 5 rings (SSSR count). The molecule has 1 aliphatic heterocycles. The first-order valence-corrected chi connectivity index (χ1v) is 11.6. The Kier molecular flexibility index (Phi) is 5.14. The van der Waals surface area contributed by atoms with Crippen LogP contribution in [0.5, 0.6) is 0 Å². The fourth-order valence-corrected chi connectivity index (χ4v) is 5.54. The summed E-state index contributed by atoms with van der Waals surface area (Å²) in [6.45, 7) is 7.51. The summed E-state index contributed by atoms with van der Waals surface area (Å²) in [6, 6.07) is 10.4. The summed E-state index contributed by atoms with van der Waals surface area (Å²) < 4.78 is 7.90. The lowest BCUT2D eigenvalue weighted by atomic mass is 10.1. The van der Waals surface area contributed by atoms with Gasteiger partial charge in [0.1, 0.15) is 5.69 Å². The van der Waals surface area contributed by atoms with Gasteiger partial charge in [-0.25, -0.2) is 9.67 Å². The number of thiophene rings is 1.